The Hall–Kier alpha value is -2.50. The number of piperidine rings is 1. The van der Waals surface area contributed by atoms with Crippen LogP contribution in [-0.2, 0) is 0 Å². The van der Waals surface area contributed by atoms with Gasteiger partial charge in [0.05, 0.1) is 0 Å². The number of anilines is 1. The molecule has 1 fully saturated rings. The van der Waals surface area contributed by atoms with Crippen LogP contribution in [-0.4, -0.2) is 37.7 Å². The molecule has 1 saturated heterocycles. The van der Waals surface area contributed by atoms with Crippen LogP contribution in [0.1, 0.15) is 36.0 Å². The summed E-state index contributed by atoms with van der Waals surface area (Å²) in [6.07, 6.45) is 4.27. The zero-order valence-corrected chi connectivity index (χ0v) is 13.5. The molecule has 0 N–H and O–H groups in total. The Morgan fingerprint density at radius 3 is 2.74 bits per heavy atom. The maximum atomic E-state index is 4.61. The van der Waals surface area contributed by atoms with Crippen molar-refractivity contribution in [1.82, 2.24) is 24.6 Å². The average molecular weight is 308 g/mol. The summed E-state index contributed by atoms with van der Waals surface area (Å²) in [6.45, 7) is 5.92. The number of aryl methyl sites for hydroxylation is 2. The summed E-state index contributed by atoms with van der Waals surface area (Å²) in [7, 11) is 0. The Bertz CT molecular complexity index is 820. The molecule has 0 aliphatic carbocycles. The molecule has 23 heavy (non-hydrogen) atoms. The summed E-state index contributed by atoms with van der Waals surface area (Å²) in [4.78, 5) is 11.5. The van der Waals surface area contributed by atoms with Gasteiger partial charge in [-0.25, -0.2) is 9.97 Å². The molecule has 1 aliphatic rings. The normalized spacial score (nSPS) is 18.5. The van der Waals surface area contributed by atoms with Crippen molar-refractivity contribution < 1.29 is 0 Å². The first kappa shape index (κ1) is 14.1. The lowest BCUT2D eigenvalue weighted by Crippen LogP contribution is -2.36. The van der Waals surface area contributed by atoms with Crippen LogP contribution in [0.3, 0.4) is 0 Å². The highest BCUT2D eigenvalue weighted by atomic mass is 15.3. The Labute approximate surface area is 135 Å². The molecule has 118 valence electrons. The van der Waals surface area contributed by atoms with Crippen molar-refractivity contribution in [3.63, 3.8) is 0 Å². The largest absolute Gasteiger partial charge is 0.340 e. The summed E-state index contributed by atoms with van der Waals surface area (Å²) in [5.74, 6) is 2.22. The third-order valence-corrected chi connectivity index (χ3v) is 4.38. The van der Waals surface area contributed by atoms with Gasteiger partial charge in [-0.1, -0.05) is 6.07 Å². The van der Waals surface area contributed by atoms with Gasteiger partial charge in [0, 0.05) is 36.6 Å². The third kappa shape index (κ3) is 2.65. The van der Waals surface area contributed by atoms with Gasteiger partial charge < -0.3 is 4.90 Å². The first-order chi connectivity index (χ1) is 11.2. The number of hydrogen-bond acceptors (Lipinski definition) is 5. The second-order valence-corrected chi connectivity index (χ2v) is 6.22. The fourth-order valence-electron chi connectivity index (χ4n) is 3.36. The van der Waals surface area contributed by atoms with Gasteiger partial charge in [0.2, 0.25) is 5.95 Å². The SMILES string of the molecule is Cc1cc(C)nc(N2CCCC(c3nnc4ccccn34)C2)n1. The minimum atomic E-state index is 0.352. The highest BCUT2D eigenvalue weighted by Gasteiger charge is 2.26. The van der Waals surface area contributed by atoms with Gasteiger partial charge in [-0.15, -0.1) is 10.2 Å². The van der Waals surface area contributed by atoms with E-state index < -0.39 is 0 Å². The predicted octanol–water partition coefficient (Wildman–Crippen LogP) is 2.52. The van der Waals surface area contributed by atoms with E-state index in [1.54, 1.807) is 0 Å². The fraction of sp³-hybridized carbons (Fsp3) is 0.412. The third-order valence-electron chi connectivity index (χ3n) is 4.38. The lowest BCUT2D eigenvalue weighted by Gasteiger charge is -2.32. The standard InChI is InChI=1S/C17H20N6/c1-12-10-13(2)19-17(18-12)22-8-5-6-14(11-22)16-21-20-15-7-3-4-9-23(15)16/h3-4,7,9-10,14H,5-6,8,11H2,1-2H3. The van der Waals surface area contributed by atoms with Crippen LogP contribution in [0.4, 0.5) is 5.95 Å². The number of hydrogen-bond donors (Lipinski definition) is 0. The first-order valence-corrected chi connectivity index (χ1v) is 8.07. The molecule has 1 unspecified atom stereocenters. The molecule has 4 rings (SSSR count). The van der Waals surface area contributed by atoms with E-state index in [2.05, 4.69) is 29.5 Å². The van der Waals surface area contributed by atoms with Crippen LogP contribution >= 0.6 is 0 Å². The minimum absolute atomic E-state index is 0.352. The molecule has 0 radical (unpaired) electrons. The van der Waals surface area contributed by atoms with Crippen LogP contribution in [0.25, 0.3) is 5.65 Å². The first-order valence-electron chi connectivity index (χ1n) is 8.07. The molecule has 0 spiro atoms. The number of aromatic nitrogens is 5. The summed E-state index contributed by atoms with van der Waals surface area (Å²) in [5.41, 5.74) is 2.94. The van der Waals surface area contributed by atoms with E-state index in [0.717, 1.165) is 54.7 Å². The number of rotatable bonds is 2. The van der Waals surface area contributed by atoms with E-state index in [9.17, 15) is 0 Å². The van der Waals surface area contributed by atoms with E-state index in [0.29, 0.717) is 5.92 Å². The lowest BCUT2D eigenvalue weighted by molar-refractivity contribution is 0.482. The van der Waals surface area contributed by atoms with E-state index >= 15 is 0 Å². The smallest absolute Gasteiger partial charge is 0.225 e. The molecule has 0 aromatic carbocycles. The molecule has 6 nitrogen and oxygen atoms in total. The van der Waals surface area contributed by atoms with E-state index in [1.807, 2.05) is 44.3 Å². The van der Waals surface area contributed by atoms with E-state index in [4.69, 9.17) is 0 Å². The molecule has 3 aromatic rings. The van der Waals surface area contributed by atoms with Gasteiger partial charge in [-0.2, -0.15) is 0 Å². The van der Waals surface area contributed by atoms with Crippen molar-refractivity contribution in [1.29, 1.82) is 0 Å². The molecule has 3 aromatic heterocycles. The van der Waals surface area contributed by atoms with Gasteiger partial charge in [0.1, 0.15) is 5.82 Å². The molecule has 4 heterocycles. The van der Waals surface area contributed by atoms with Gasteiger partial charge in [-0.05, 0) is 44.9 Å². The molecule has 6 heteroatoms. The van der Waals surface area contributed by atoms with Gasteiger partial charge in [0.25, 0.3) is 0 Å². The molecule has 0 bridgehead atoms. The van der Waals surface area contributed by atoms with Crippen molar-refractivity contribution in [2.75, 3.05) is 18.0 Å². The van der Waals surface area contributed by atoms with E-state index in [1.165, 1.54) is 0 Å². The van der Waals surface area contributed by atoms with Crippen LogP contribution in [0, 0.1) is 13.8 Å². The predicted molar refractivity (Wildman–Crippen MR) is 88.7 cm³/mol. The fourth-order valence-corrected chi connectivity index (χ4v) is 3.36. The van der Waals surface area contributed by atoms with Crippen LogP contribution in [0.15, 0.2) is 30.5 Å². The van der Waals surface area contributed by atoms with Gasteiger partial charge >= 0.3 is 0 Å². The maximum absolute atomic E-state index is 4.61. The Kier molecular flexibility index (Phi) is 3.44. The summed E-state index contributed by atoms with van der Waals surface area (Å²) >= 11 is 0. The maximum Gasteiger partial charge on any atom is 0.225 e. The van der Waals surface area contributed by atoms with Gasteiger partial charge in [0.15, 0.2) is 5.65 Å². The second kappa shape index (κ2) is 5.61. The Balaban J connectivity index is 1.64. The highest BCUT2D eigenvalue weighted by molar-refractivity contribution is 5.39. The molecule has 0 amide bonds. The van der Waals surface area contributed by atoms with Crippen LogP contribution in [0.2, 0.25) is 0 Å². The quantitative estimate of drug-likeness (QED) is 0.728. The zero-order chi connectivity index (χ0) is 15.8. The van der Waals surface area contributed by atoms with Crippen LogP contribution < -0.4 is 4.90 Å². The van der Waals surface area contributed by atoms with Crippen molar-refractivity contribution >= 4 is 11.6 Å². The average Bonchev–Trinajstić information content (AvgIpc) is 2.98. The summed E-state index contributed by atoms with van der Waals surface area (Å²) in [6, 6.07) is 8.01. The van der Waals surface area contributed by atoms with Gasteiger partial charge in [-0.3, -0.25) is 4.40 Å². The summed E-state index contributed by atoms with van der Waals surface area (Å²) in [5, 5.41) is 8.71. The molecule has 1 atom stereocenters. The monoisotopic (exact) mass is 308 g/mol. The molecular weight excluding hydrogens is 288 g/mol. The molecule has 0 saturated carbocycles. The minimum Gasteiger partial charge on any atom is -0.340 e. The van der Waals surface area contributed by atoms with E-state index in [-0.39, 0.29) is 0 Å². The number of fused-ring (bicyclic) bond motifs is 1. The van der Waals surface area contributed by atoms with Crippen molar-refractivity contribution in [3.8, 4) is 0 Å². The van der Waals surface area contributed by atoms with Crippen molar-refractivity contribution in [2.45, 2.75) is 32.6 Å². The topological polar surface area (TPSA) is 59.2 Å². The van der Waals surface area contributed by atoms with Crippen molar-refractivity contribution in [3.05, 3.63) is 47.7 Å². The van der Waals surface area contributed by atoms with Crippen LogP contribution in [0.5, 0.6) is 0 Å². The van der Waals surface area contributed by atoms with Crippen molar-refractivity contribution in [2.24, 2.45) is 0 Å². The Morgan fingerprint density at radius 2 is 1.91 bits per heavy atom. The highest BCUT2D eigenvalue weighted by Crippen LogP contribution is 2.28. The molecule has 1 aliphatic heterocycles. The lowest BCUT2D eigenvalue weighted by atomic mass is 9.97. The Morgan fingerprint density at radius 1 is 1.09 bits per heavy atom. The summed E-state index contributed by atoms with van der Waals surface area (Å²) < 4.78 is 2.09. The zero-order valence-electron chi connectivity index (χ0n) is 13.5. The number of nitrogens with zero attached hydrogens (tertiary/aromatic N) is 6. The number of pyridine rings is 1. The second-order valence-electron chi connectivity index (χ2n) is 6.22. The molecular formula is C17H20N6.